The number of rotatable bonds is 11. The predicted octanol–water partition coefficient (Wildman–Crippen LogP) is 2.57. The predicted molar refractivity (Wildman–Crippen MR) is 99.6 cm³/mol. The maximum atomic E-state index is 12.5. The van der Waals surface area contributed by atoms with Crippen LogP contribution in [0.4, 0.5) is 13.2 Å². The third kappa shape index (κ3) is 10.5. The van der Waals surface area contributed by atoms with Crippen LogP contribution in [-0.4, -0.2) is 37.5 Å². The van der Waals surface area contributed by atoms with Crippen molar-refractivity contribution in [2.24, 2.45) is 0 Å². The van der Waals surface area contributed by atoms with E-state index in [9.17, 15) is 27.6 Å². The molecule has 1 aromatic carbocycles. The van der Waals surface area contributed by atoms with Crippen molar-refractivity contribution >= 4 is 17.7 Å². The maximum absolute atomic E-state index is 12.5. The molecule has 0 aliphatic carbocycles. The molecule has 0 heterocycles. The molecule has 162 valence electrons. The van der Waals surface area contributed by atoms with Gasteiger partial charge in [-0.25, -0.2) is 0 Å². The van der Waals surface area contributed by atoms with Gasteiger partial charge < -0.3 is 10.1 Å². The van der Waals surface area contributed by atoms with Gasteiger partial charge in [-0.2, -0.15) is 13.2 Å². The molecule has 10 heteroatoms. The number of unbranched alkanes of at least 4 members (excludes halogenated alkanes) is 1. The molecule has 1 rings (SSSR count). The fourth-order valence-corrected chi connectivity index (χ4v) is 2.14. The second-order valence-electron chi connectivity index (χ2n) is 6.25. The van der Waals surface area contributed by atoms with Crippen molar-refractivity contribution in [3.8, 4) is 0 Å². The molecule has 0 bridgehead atoms. The lowest BCUT2D eigenvalue weighted by Crippen LogP contribution is -2.42. The number of halogens is 3. The second-order valence-corrected chi connectivity index (χ2v) is 6.25. The molecule has 0 saturated heterocycles. The number of hydrazine groups is 1. The highest BCUT2D eigenvalue weighted by Gasteiger charge is 2.30. The van der Waals surface area contributed by atoms with E-state index < -0.39 is 23.6 Å². The number of benzene rings is 1. The Morgan fingerprint density at radius 1 is 0.931 bits per heavy atom. The molecule has 0 aliphatic heterocycles. The highest BCUT2D eigenvalue weighted by atomic mass is 19.4. The van der Waals surface area contributed by atoms with E-state index in [4.69, 9.17) is 4.74 Å². The van der Waals surface area contributed by atoms with Crippen molar-refractivity contribution < 1.29 is 32.3 Å². The zero-order valence-electron chi connectivity index (χ0n) is 16.2. The molecule has 29 heavy (non-hydrogen) atoms. The van der Waals surface area contributed by atoms with Crippen LogP contribution in [0.5, 0.6) is 0 Å². The molecular formula is C19H26F3N3O4. The Bertz CT molecular complexity index is 664. The molecule has 0 fully saturated rings. The van der Waals surface area contributed by atoms with Gasteiger partial charge in [0, 0.05) is 38.2 Å². The molecular weight excluding hydrogens is 391 g/mol. The van der Waals surface area contributed by atoms with E-state index in [2.05, 4.69) is 23.1 Å². The third-order valence-electron chi connectivity index (χ3n) is 3.80. The minimum absolute atomic E-state index is 0.0443. The molecule has 3 amide bonds. The van der Waals surface area contributed by atoms with Crippen LogP contribution in [0.15, 0.2) is 24.3 Å². The first-order valence-corrected chi connectivity index (χ1v) is 9.35. The minimum Gasteiger partial charge on any atom is -0.381 e. The van der Waals surface area contributed by atoms with E-state index in [-0.39, 0.29) is 24.3 Å². The quantitative estimate of drug-likeness (QED) is 0.381. The lowest BCUT2D eigenvalue weighted by molar-refractivity contribution is -0.137. The van der Waals surface area contributed by atoms with Crippen molar-refractivity contribution in [3.63, 3.8) is 0 Å². The third-order valence-corrected chi connectivity index (χ3v) is 3.80. The van der Waals surface area contributed by atoms with Crippen LogP contribution in [-0.2, 0) is 20.5 Å². The number of hydrogen-bond donors (Lipinski definition) is 3. The molecule has 7 nitrogen and oxygen atoms in total. The summed E-state index contributed by atoms with van der Waals surface area (Å²) in [4.78, 5) is 35.1. The average Bonchev–Trinajstić information content (AvgIpc) is 2.69. The van der Waals surface area contributed by atoms with Gasteiger partial charge in [-0.05, 0) is 37.1 Å². The van der Waals surface area contributed by atoms with Crippen LogP contribution in [0.1, 0.15) is 54.9 Å². The summed E-state index contributed by atoms with van der Waals surface area (Å²) in [6, 6.07) is 3.55. The van der Waals surface area contributed by atoms with Gasteiger partial charge in [-0.3, -0.25) is 25.2 Å². The fourth-order valence-electron chi connectivity index (χ4n) is 2.14. The number of amides is 3. The van der Waals surface area contributed by atoms with Crippen molar-refractivity contribution in [2.75, 3.05) is 19.8 Å². The summed E-state index contributed by atoms with van der Waals surface area (Å²) in [7, 11) is 0. The normalized spacial score (nSPS) is 11.0. The largest absolute Gasteiger partial charge is 0.416 e. The summed E-state index contributed by atoms with van der Waals surface area (Å²) < 4.78 is 42.8. The molecule has 0 spiro atoms. The smallest absolute Gasteiger partial charge is 0.381 e. The Balaban J connectivity index is 2.19. The lowest BCUT2D eigenvalue weighted by Gasteiger charge is -2.09. The summed E-state index contributed by atoms with van der Waals surface area (Å²) in [5.74, 6) is -1.66. The summed E-state index contributed by atoms with van der Waals surface area (Å²) in [5, 5.41) is 2.66. The van der Waals surface area contributed by atoms with Crippen molar-refractivity contribution in [1.29, 1.82) is 0 Å². The fraction of sp³-hybridized carbons (Fsp3) is 0.526. The molecule has 1 aromatic rings. The van der Waals surface area contributed by atoms with Gasteiger partial charge in [0.05, 0.1) is 5.56 Å². The van der Waals surface area contributed by atoms with Gasteiger partial charge in [-0.15, -0.1) is 0 Å². The maximum Gasteiger partial charge on any atom is 0.416 e. The molecule has 0 aromatic heterocycles. The van der Waals surface area contributed by atoms with Crippen LogP contribution in [0.2, 0.25) is 0 Å². The number of carbonyl (C=O) groups excluding carboxylic acids is 3. The standard InChI is InChI=1S/C19H26F3N3O4/c1-2-3-12-29-13-4-11-23-16(26)9-10-17(27)24-25-18(28)14-5-7-15(8-6-14)19(20,21)22/h5-8H,2-4,9-13H2,1H3,(H,23,26)(H,24,27)(H,25,28). The van der Waals surface area contributed by atoms with Crippen LogP contribution >= 0.6 is 0 Å². The molecule has 0 aliphatic rings. The van der Waals surface area contributed by atoms with E-state index in [1.54, 1.807) is 0 Å². The Morgan fingerprint density at radius 2 is 1.55 bits per heavy atom. The Labute approximate surface area is 167 Å². The van der Waals surface area contributed by atoms with Gasteiger partial charge in [0.2, 0.25) is 11.8 Å². The summed E-state index contributed by atoms with van der Waals surface area (Å²) in [6.45, 7) is 3.76. The minimum atomic E-state index is -4.49. The topological polar surface area (TPSA) is 96.5 Å². The highest BCUT2D eigenvalue weighted by molar-refractivity contribution is 5.95. The van der Waals surface area contributed by atoms with Crippen molar-refractivity contribution in [3.05, 3.63) is 35.4 Å². The molecule has 0 radical (unpaired) electrons. The van der Waals surface area contributed by atoms with Crippen LogP contribution in [0, 0.1) is 0 Å². The second kappa shape index (κ2) is 12.8. The first kappa shape index (κ1) is 24.4. The van der Waals surface area contributed by atoms with Gasteiger partial charge in [-0.1, -0.05) is 13.3 Å². The average molecular weight is 417 g/mol. The Morgan fingerprint density at radius 3 is 2.17 bits per heavy atom. The van der Waals surface area contributed by atoms with Crippen molar-refractivity contribution in [2.45, 2.75) is 45.2 Å². The molecule has 0 unspecified atom stereocenters. The first-order valence-electron chi connectivity index (χ1n) is 9.35. The van der Waals surface area contributed by atoms with Crippen molar-refractivity contribution in [1.82, 2.24) is 16.2 Å². The van der Waals surface area contributed by atoms with Gasteiger partial charge in [0.15, 0.2) is 0 Å². The van der Waals surface area contributed by atoms with E-state index in [1.165, 1.54) is 0 Å². The first-order chi connectivity index (χ1) is 13.7. The van der Waals surface area contributed by atoms with E-state index in [1.807, 2.05) is 0 Å². The Hall–Kier alpha value is -2.62. The summed E-state index contributed by atoms with van der Waals surface area (Å²) >= 11 is 0. The zero-order valence-corrected chi connectivity index (χ0v) is 16.2. The SMILES string of the molecule is CCCCOCCCNC(=O)CCC(=O)NNC(=O)c1ccc(C(F)(F)F)cc1. The number of hydrogen-bond acceptors (Lipinski definition) is 4. The van der Waals surface area contributed by atoms with E-state index in [0.717, 1.165) is 37.1 Å². The molecule has 0 saturated carbocycles. The number of alkyl halides is 3. The van der Waals surface area contributed by atoms with Gasteiger partial charge in [0.25, 0.3) is 5.91 Å². The monoisotopic (exact) mass is 417 g/mol. The van der Waals surface area contributed by atoms with E-state index >= 15 is 0 Å². The Kier molecular flexibility index (Phi) is 10.7. The lowest BCUT2D eigenvalue weighted by atomic mass is 10.1. The number of nitrogens with one attached hydrogen (secondary N) is 3. The van der Waals surface area contributed by atoms with Crippen LogP contribution < -0.4 is 16.2 Å². The van der Waals surface area contributed by atoms with Gasteiger partial charge >= 0.3 is 6.18 Å². The van der Waals surface area contributed by atoms with E-state index in [0.29, 0.717) is 26.2 Å². The van der Waals surface area contributed by atoms with Crippen LogP contribution in [0.3, 0.4) is 0 Å². The summed E-state index contributed by atoms with van der Waals surface area (Å²) in [6.07, 6.45) is -1.97. The number of ether oxygens (including phenoxy) is 1. The highest BCUT2D eigenvalue weighted by Crippen LogP contribution is 2.28. The molecule has 0 atom stereocenters. The number of carbonyl (C=O) groups is 3. The van der Waals surface area contributed by atoms with Gasteiger partial charge in [0.1, 0.15) is 0 Å². The van der Waals surface area contributed by atoms with Crippen LogP contribution in [0.25, 0.3) is 0 Å². The zero-order chi connectivity index (χ0) is 21.7. The molecule has 3 N–H and O–H groups in total. The summed E-state index contributed by atoms with van der Waals surface area (Å²) in [5.41, 5.74) is 3.28.